The molecule has 1 fully saturated rings. The molecule has 1 unspecified atom stereocenters. The Morgan fingerprint density at radius 2 is 1.92 bits per heavy atom. The summed E-state index contributed by atoms with van der Waals surface area (Å²) in [6.07, 6.45) is 1.00. The first-order chi connectivity index (χ1) is 5.79. The Morgan fingerprint density at radius 3 is 2.23 bits per heavy atom. The molecule has 1 aliphatic heterocycles. The number of hydrogen-bond acceptors (Lipinski definition) is 3. The fourth-order valence-electron chi connectivity index (χ4n) is 1.52. The van der Waals surface area contributed by atoms with E-state index in [0.717, 1.165) is 13.0 Å². The van der Waals surface area contributed by atoms with Crippen LogP contribution in [0.4, 0.5) is 0 Å². The highest BCUT2D eigenvalue weighted by atomic mass is 32.2. The zero-order valence-electron chi connectivity index (χ0n) is 8.63. The minimum absolute atomic E-state index is 0.122. The lowest BCUT2D eigenvalue weighted by Gasteiger charge is -2.28. The van der Waals surface area contributed by atoms with E-state index in [1.165, 1.54) is 0 Å². The van der Waals surface area contributed by atoms with Crippen LogP contribution < -0.4 is 5.32 Å². The summed E-state index contributed by atoms with van der Waals surface area (Å²) in [6, 6.07) is 0.215. The first-order valence-corrected chi connectivity index (χ1v) is 6.54. The molecule has 1 N–H and O–H groups in total. The van der Waals surface area contributed by atoms with Gasteiger partial charge in [-0.25, -0.2) is 8.42 Å². The Bertz CT molecular complexity index is 260. The van der Waals surface area contributed by atoms with E-state index in [2.05, 4.69) is 5.32 Å². The molecule has 0 radical (unpaired) electrons. The van der Waals surface area contributed by atoms with Gasteiger partial charge in [-0.1, -0.05) is 20.8 Å². The van der Waals surface area contributed by atoms with Gasteiger partial charge in [-0.05, 0) is 18.4 Å². The molecule has 0 amide bonds. The zero-order chi connectivity index (χ0) is 10.1. The summed E-state index contributed by atoms with van der Waals surface area (Å²) in [6.45, 7) is 6.84. The standard InChI is InChI=1S/C9H19NO2S/c1-9(2,3)7-13(11,12)6-8-4-5-10-8/h8,10H,4-7H2,1-3H3. The lowest BCUT2D eigenvalue weighted by Crippen LogP contribution is -2.48. The first-order valence-electron chi connectivity index (χ1n) is 4.72. The quantitative estimate of drug-likeness (QED) is 0.741. The Morgan fingerprint density at radius 1 is 1.38 bits per heavy atom. The monoisotopic (exact) mass is 205 g/mol. The molecular formula is C9H19NO2S. The second-order valence-corrected chi connectivity index (χ2v) is 7.16. The third kappa shape index (κ3) is 4.09. The summed E-state index contributed by atoms with van der Waals surface area (Å²) in [5.74, 6) is 0.600. The third-order valence-electron chi connectivity index (χ3n) is 2.03. The Balaban J connectivity index is 2.46. The topological polar surface area (TPSA) is 46.2 Å². The molecule has 1 atom stereocenters. The molecule has 1 saturated heterocycles. The van der Waals surface area contributed by atoms with Gasteiger partial charge >= 0.3 is 0 Å². The van der Waals surface area contributed by atoms with Crippen LogP contribution in [0, 0.1) is 5.41 Å². The van der Waals surface area contributed by atoms with Crippen molar-refractivity contribution in [2.75, 3.05) is 18.1 Å². The molecule has 1 heterocycles. The molecule has 0 aromatic heterocycles. The summed E-state index contributed by atoms with van der Waals surface area (Å²) in [7, 11) is -2.86. The maximum absolute atomic E-state index is 11.6. The van der Waals surface area contributed by atoms with E-state index in [0.29, 0.717) is 5.75 Å². The highest BCUT2D eigenvalue weighted by Gasteiger charge is 2.27. The van der Waals surface area contributed by atoms with Crippen LogP contribution in [0.2, 0.25) is 0 Å². The minimum atomic E-state index is -2.86. The maximum atomic E-state index is 11.6. The van der Waals surface area contributed by atoms with Gasteiger partial charge in [0.15, 0.2) is 9.84 Å². The van der Waals surface area contributed by atoms with Crippen LogP contribution in [0.1, 0.15) is 27.2 Å². The Kier molecular flexibility index (Phi) is 3.02. The van der Waals surface area contributed by atoms with E-state index < -0.39 is 9.84 Å². The fraction of sp³-hybridized carbons (Fsp3) is 1.00. The van der Waals surface area contributed by atoms with Crippen LogP contribution in [0.3, 0.4) is 0 Å². The van der Waals surface area contributed by atoms with Gasteiger partial charge in [0.25, 0.3) is 0 Å². The number of nitrogens with one attached hydrogen (secondary N) is 1. The van der Waals surface area contributed by atoms with Crippen molar-refractivity contribution in [3.8, 4) is 0 Å². The first kappa shape index (κ1) is 11.0. The van der Waals surface area contributed by atoms with Crippen molar-refractivity contribution in [2.45, 2.75) is 33.2 Å². The van der Waals surface area contributed by atoms with Gasteiger partial charge in [0.2, 0.25) is 0 Å². The summed E-state index contributed by atoms with van der Waals surface area (Å²) >= 11 is 0. The molecule has 78 valence electrons. The predicted octanol–water partition coefficient (Wildman–Crippen LogP) is 0.809. The van der Waals surface area contributed by atoms with E-state index in [9.17, 15) is 8.42 Å². The molecule has 0 aliphatic carbocycles. The Hall–Kier alpha value is -0.0900. The fourth-order valence-corrected chi connectivity index (χ4v) is 3.85. The van der Waals surface area contributed by atoms with Gasteiger partial charge in [0, 0.05) is 6.04 Å². The molecule has 1 aliphatic rings. The highest BCUT2D eigenvalue weighted by Crippen LogP contribution is 2.18. The van der Waals surface area contributed by atoms with Crippen molar-refractivity contribution in [1.82, 2.24) is 5.32 Å². The zero-order valence-corrected chi connectivity index (χ0v) is 9.45. The molecule has 0 spiro atoms. The van der Waals surface area contributed by atoms with Crippen LogP contribution in [0.15, 0.2) is 0 Å². The van der Waals surface area contributed by atoms with Gasteiger partial charge < -0.3 is 5.32 Å². The highest BCUT2D eigenvalue weighted by molar-refractivity contribution is 7.91. The SMILES string of the molecule is CC(C)(C)CS(=O)(=O)CC1CCN1. The van der Waals surface area contributed by atoms with Crippen molar-refractivity contribution >= 4 is 9.84 Å². The summed E-state index contributed by atoms with van der Waals surface area (Å²) in [5, 5.41) is 3.11. The summed E-state index contributed by atoms with van der Waals surface area (Å²) in [5.41, 5.74) is -0.122. The molecule has 4 heteroatoms. The van der Waals surface area contributed by atoms with Crippen molar-refractivity contribution in [3.05, 3.63) is 0 Å². The van der Waals surface area contributed by atoms with Gasteiger partial charge in [0.05, 0.1) is 11.5 Å². The lowest BCUT2D eigenvalue weighted by molar-refractivity contribution is 0.394. The van der Waals surface area contributed by atoms with Gasteiger partial charge in [-0.15, -0.1) is 0 Å². The lowest BCUT2D eigenvalue weighted by atomic mass is 10.0. The smallest absolute Gasteiger partial charge is 0.152 e. The maximum Gasteiger partial charge on any atom is 0.152 e. The van der Waals surface area contributed by atoms with Crippen LogP contribution in [-0.4, -0.2) is 32.5 Å². The van der Waals surface area contributed by atoms with Crippen molar-refractivity contribution < 1.29 is 8.42 Å². The van der Waals surface area contributed by atoms with E-state index >= 15 is 0 Å². The second kappa shape index (κ2) is 3.58. The van der Waals surface area contributed by atoms with Crippen LogP contribution in [-0.2, 0) is 9.84 Å². The molecule has 0 aromatic rings. The molecule has 13 heavy (non-hydrogen) atoms. The van der Waals surface area contributed by atoms with Crippen molar-refractivity contribution in [2.24, 2.45) is 5.41 Å². The van der Waals surface area contributed by atoms with Gasteiger partial charge in [0.1, 0.15) is 0 Å². The van der Waals surface area contributed by atoms with Crippen LogP contribution in [0.5, 0.6) is 0 Å². The second-order valence-electron chi connectivity index (χ2n) is 5.05. The molecular weight excluding hydrogens is 186 g/mol. The van der Waals surface area contributed by atoms with Crippen molar-refractivity contribution in [1.29, 1.82) is 0 Å². The molecule has 3 nitrogen and oxygen atoms in total. The number of rotatable bonds is 3. The normalized spacial score (nSPS) is 24.1. The molecule has 1 rings (SSSR count). The molecule has 0 aromatic carbocycles. The van der Waals surface area contributed by atoms with E-state index in [4.69, 9.17) is 0 Å². The van der Waals surface area contributed by atoms with Crippen LogP contribution in [0.25, 0.3) is 0 Å². The van der Waals surface area contributed by atoms with E-state index in [1.54, 1.807) is 0 Å². The molecule has 0 saturated carbocycles. The summed E-state index contributed by atoms with van der Waals surface area (Å²) in [4.78, 5) is 0. The Labute approximate surface area is 80.8 Å². The van der Waals surface area contributed by atoms with E-state index in [1.807, 2.05) is 20.8 Å². The van der Waals surface area contributed by atoms with Gasteiger partial charge in [-0.2, -0.15) is 0 Å². The van der Waals surface area contributed by atoms with Gasteiger partial charge in [-0.3, -0.25) is 0 Å². The largest absolute Gasteiger partial charge is 0.313 e. The predicted molar refractivity (Wildman–Crippen MR) is 54.5 cm³/mol. The average Bonchev–Trinajstić information content (AvgIpc) is 1.73. The number of hydrogen-bond donors (Lipinski definition) is 1. The van der Waals surface area contributed by atoms with Crippen molar-refractivity contribution in [3.63, 3.8) is 0 Å². The van der Waals surface area contributed by atoms with E-state index in [-0.39, 0.29) is 17.2 Å². The van der Waals surface area contributed by atoms with Crippen LogP contribution >= 0.6 is 0 Å². The third-order valence-corrected chi connectivity index (χ3v) is 4.25. The summed E-state index contributed by atoms with van der Waals surface area (Å²) < 4.78 is 23.2. The minimum Gasteiger partial charge on any atom is -0.313 e. The number of sulfone groups is 1. The average molecular weight is 205 g/mol. The molecule has 0 bridgehead atoms.